The van der Waals surface area contributed by atoms with Crippen LogP contribution in [0.15, 0.2) is 29.3 Å². The van der Waals surface area contributed by atoms with E-state index in [9.17, 15) is 4.79 Å². The normalized spacial score (nSPS) is 34.1. The van der Waals surface area contributed by atoms with Crippen LogP contribution in [0.5, 0.6) is 0 Å². The molecule has 31 heavy (non-hydrogen) atoms. The molecule has 0 spiro atoms. The quantitative estimate of drug-likeness (QED) is 0.442. The fourth-order valence-electron chi connectivity index (χ4n) is 7.00. The summed E-state index contributed by atoms with van der Waals surface area (Å²) >= 11 is 0. The first-order valence-electron chi connectivity index (χ1n) is 12.1. The molecular formula is C25H35N3O3. The minimum absolute atomic E-state index is 0.205. The number of guanidine groups is 1. The summed E-state index contributed by atoms with van der Waals surface area (Å²) in [5.74, 6) is 2.79. The number of ether oxygens (including phenoxy) is 1. The molecule has 3 N–H and O–H groups in total. The van der Waals surface area contributed by atoms with Crippen molar-refractivity contribution in [1.29, 1.82) is 0 Å². The van der Waals surface area contributed by atoms with Gasteiger partial charge in [0.1, 0.15) is 0 Å². The van der Waals surface area contributed by atoms with E-state index in [1.165, 1.54) is 44.9 Å². The third-order valence-corrected chi connectivity index (χ3v) is 7.98. The number of aliphatic imine (C=N–C) groups is 1. The molecule has 0 unspecified atom stereocenters. The number of benzene rings is 1. The highest BCUT2D eigenvalue weighted by atomic mass is 16.5. The topological polar surface area (TPSA) is 83.0 Å². The van der Waals surface area contributed by atoms with Gasteiger partial charge in [0.25, 0.3) is 0 Å². The maximum atomic E-state index is 11.1. The lowest BCUT2D eigenvalue weighted by Crippen LogP contribution is -2.47. The third-order valence-electron chi connectivity index (χ3n) is 7.98. The molecule has 0 radical (unpaired) electrons. The summed E-state index contributed by atoms with van der Waals surface area (Å²) in [7, 11) is 0. The molecule has 1 heterocycles. The van der Waals surface area contributed by atoms with Crippen LogP contribution in [0.25, 0.3) is 0 Å². The fourth-order valence-corrected chi connectivity index (χ4v) is 7.00. The summed E-state index contributed by atoms with van der Waals surface area (Å²) in [5.41, 5.74) is 1.68. The lowest BCUT2D eigenvalue weighted by Gasteiger charge is -2.57. The summed E-state index contributed by atoms with van der Waals surface area (Å²) in [6, 6.07) is 6.84. The Labute approximate surface area is 184 Å². The van der Waals surface area contributed by atoms with Crippen molar-refractivity contribution in [3.63, 3.8) is 0 Å². The number of anilines is 1. The molecule has 1 aromatic rings. The molecule has 4 aliphatic carbocycles. The largest absolute Gasteiger partial charge is 0.478 e. The van der Waals surface area contributed by atoms with Gasteiger partial charge in [-0.1, -0.05) is 0 Å². The number of hydrogen-bond donors (Lipinski definition) is 3. The first-order valence-corrected chi connectivity index (χ1v) is 12.1. The maximum absolute atomic E-state index is 11.1. The summed E-state index contributed by atoms with van der Waals surface area (Å²) < 4.78 is 5.74. The standard InChI is InChI=1S/C25H35N3O3/c29-23(30)20-3-5-21(6-4-20)28-24(27-16-22-2-1-9-31-22)26-8-7-25-13-17-10-18(14-25)12-19(11-17)15-25/h3-6,17-19,22H,1-2,7-16H2,(H,29,30)(H2,26,27,28)/t17?,18?,19?,22-,25?/m1/s1. The molecule has 4 bridgehead atoms. The van der Waals surface area contributed by atoms with Gasteiger partial charge in [-0.15, -0.1) is 0 Å². The third kappa shape index (κ3) is 4.89. The second kappa shape index (κ2) is 8.81. The van der Waals surface area contributed by atoms with E-state index < -0.39 is 5.97 Å². The van der Waals surface area contributed by atoms with Crippen LogP contribution in [0.4, 0.5) is 5.69 Å². The predicted molar refractivity (Wildman–Crippen MR) is 122 cm³/mol. The second-order valence-corrected chi connectivity index (χ2v) is 10.4. The van der Waals surface area contributed by atoms with Gasteiger partial charge in [0.2, 0.25) is 0 Å². The van der Waals surface area contributed by atoms with Gasteiger partial charge in [0.15, 0.2) is 5.96 Å². The number of carboxylic acid groups (broad SMARTS) is 1. The van der Waals surface area contributed by atoms with Crippen molar-refractivity contribution in [2.24, 2.45) is 28.2 Å². The molecule has 0 amide bonds. The molecule has 0 aromatic heterocycles. The molecule has 5 aliphatic rings. The minimum atomic E-state index is -0.910. The zero-order valence-corrected chi connectivity index (χ0v) is 18.3. The van der Waals surface area contributed by atoms with Crippen LogP contribution in [0, 0.1) is 23.2 Å². The summed E-state index contributed by atoms with van der Waals surface area (Å²) in [6.07, 6.45) is 12.3. The van der Waals surface area contributed by atoms with Gasteiger partial charge >= 0.3 is 5.97 Å². The lowest BCUT2D eigenvalue weighted by atomic mass is 9.49. The van der Waals surface area contributed by atoms with Crippen LogP contribution in [0.2, 0.25) is 0 Å². The van der Waals surface area contributed by atoms with Gasteiger partial charge in [-0.25, -0.2) is 4.79 Å². The molecular weight excluding hydrogens is 390 g/mol. The Bertz CT molecular complexity index is 779. The number of hydrogen-bond acceptors (Lipinski definition) is 3. The minimum Gasteiger partial charge on any atom is -0.478 e. The van der Waals surface area contributed by atoms with E-state index in [1.54, 1.807) is 24.3 Å². The zero-order valence-electron chi connectivity index (χ0n) is 18.3. The highest BCUT2D eigenvalue weighted by molar-refractivity contribution is 5.94. The van der Waals surface area contributed by atoms with Crippen molar-refractivity contribution in [3.05, 3.63) is 29.8 Å². The van der Waals surface area contributed by atoms with E-state index in [2.05, 4.69) is 10.6 Å². The molecule has 5 fully saturated rings. The van der Waals surface area contributed by atoms with Gasteiger partial charge in [-0.2, -0.15) is 0 Å². The highest BCUT2D eigenvalue weighted by Crippen LogP contribution is 2.61. The molecule has 1 saturated heterocycles. The number of aromatic carboxylic acids is 1. The monoisotopic (exact) mass is 425 g/mol. The van der Waals surface area contributed by atoms with E-state index in [4.69, 9.17) is 14.8 Å². The van der Waals surface area contributed by atoms with Gasteiger partial charge < -0.3 is 20.5 Å². The Kier molecular flexibility index (Phi) is 5.91. The molecule has 1 atom stereocenters. The average molecular weight is 426 g/mol. The summed E-state index contributed by atoms with van der Waals surface area (Å²) in [6.45, 7) is 2.41. The molecule has 1 aromatic carbocycles. The molecule has 6 nitrogen and oxygen atoms in total. The number of rotatable bonds is 7. The van der Waals surface area contributed by atoms with Crippen LogP contribution >= 0.6 is 0 Å². The average Bonchev–Trinajstić information content (AvgIpc) is 3.25. The summed E-state index contributed by atoms with van der Waals surface area (Å²) in [5, 5.41) is 16.1. The van der Waals surface area contributed by atoms with Crippen LogP contribution < -0.4 is 10.6 Å². The predicted octanol–water partition coefficient (Wildman–Crippen LogP) is 4.53. The van der Waals surface area contributed by atoms with Crippen LogP contribution in [0.1, 0.15) is 68.1 Å². The highest BCUT2D eigenvalue weighted by Gasteiger charge is 2.50. The van der Waals surface area contributed by atoms with Gasteiger partial charge in [0.05, 0.1) is 18.2 Å². The van der Waals surface area contributed by atoms with Gasteiger partial charge in [-0.3, -0.25) is 4.99 Å². The Morgan fingerprint density at radius 3 is 2.35 bits per heavy atom. The second-order valence-electron chi connectivity index (χ2n) is 10.4. The van der Waals surface area contributed by atoms with Crippen molar-refractivity contribution in [2.45, 2.75) is 63.9 Å². The SMILES string of the molecule is O=C(O)c1ccc(NC(=NC[C@H]2CCCO2)NCCC23CC4CC(CC(C4)C2)C3)cc1. The Hall–Kier alpha value is -2.08. The van der Waals surface area contributed by atoms with Crippen LogP contribution in [-0.4, -0.2) is 42.8 Å². The fraction of sp³-hybridized carbons (Fsp3) is 0.680. The molecule has 6 rings (SSSR count). The van der Waals surface area contributed by atoms with E-state index in [0.717, 1.165) is 55.4 Å². The Balaban J connectivity index is 1.21. The zero-order chi connectivity index (χ0) is 21.3. The van der Waals surface area contributed by atoms with Gasteiger partial charge in [0, 0.05) is 18.8 Å². The van der Waals surface area contributed by atoms with Crippen molar-refractivity contribution in [2.75, 3.05) is 25.0 Å². The summed E-state index contributed by atoms with van der Waals surface area (Å²) in [4.78, 5) is 15.9. The van der Waals surface area contributed by atoms with Crippen molar-refractivity contribution in [1.82, 2.24) is 5.32 Å². The maximum Gasteiger partial charge on any atom is 0.335 e. The number of carboxylic acids is 1. The van der Waals surface area contributed by atoms with E-state index in [1.807, 2.05) is 0 Å². The van der Waals surface area contributed by atoms with Crippen molar-refractivity contribution < 1.29 is 14.6 Å². The number of carbonyl (C=O) groups is 1. The van der Waals surface area contributed by atoms with E-state index >= 15 is 0 Å². The van der Waals surface area contributed by atoms with Gasteiger partial charge in [-0.05, 0) is 105 Å². The first kappa shape index (κ1) is 20.8. The Morgan fingerprint density at radius 2 is 1.77 bits per heavy atom. The Morgan fingerprint density at radius 1 is 1.10 bits per heavy atom. The van der Waals surface area contributed by atoms with Crippen LogP contribution in [0.3, 0.4) is 0 Å². The van der Waals surface area contributed by atoms with Crippen molar-refractivity contribution in [3.8, 4) is 0 Å². The van der Waals surface area contributed by atoms with Crippen LogP contribution in [-0.2, 0) is 4.74 Å². The number of nitrogens with zero attached hydrogens (tertiary/aromatic N) is 1. The molecule has 168 valence electrons. The van der Waals surface area contributed by atoms with E-state index in [-0.39, 0.29) is 11.7 Å². The lowest BCUT2D eigenvalue weighted by molar-refractivity contribution is -0.0562. The molecule has 1 aliphatic heterocycles. The van der Waals surface area contributed by atoms with E-state index in [0.29, 0.717) is 12.0 Å². The number of nitrogens with one attached hydrogen (secondary N) is 2. The molecule has 6 heteroatoms. The smallest absolute Gasteiger partial charge is 0.335 e. The van der Waals surface area contributed by atoms with Crippen molar-refractivity contribution >= 4 is 17.6 Å². The first-order chi connectivity index (χ1) is 15.1. The molecule has 4 saturated carbocycles.